The predicted octanol–water partition coefficient (Wildman–Crippen LogP) is 2.63. The predicted molar refractivity (Wildman–Crippen MR) is 63.3 cm³/mol. The van der Waals surface area contributed by atoms with Gasteiger partial charge in [-0.3, -0.25) is 4.90 Å². The molecular weight excluding hydrogens is 205 g/mol. The van der Waals surface area contributed by atoms with Gasteiger partial charge in [-0.1, -0.05) is 0 Å². The first-order valence-corrected chi connectivity index (χ1v) is 6.39. The van der Waals surface area contributed by atoms with E-state index in [1.807, 2.05) is 0 Å². The largest absolute Gasteiger partial charge is 0.375 e. The molecule has 0 bridgehead atoms. The molecule has 1 saturated heterocycles. The molecule has 94 valence electrons. The highest BCUT2D eigenvalue weighted by atomic mass is 19.1. The topological polar surface area (TPSA) is 12.5 Å². The van der Waals surface area contributed by atoms with Crippen molar-refractivity contribution in [3.63, 3.8) is 0 Å². The molecule has 2 fully saturated rings. The molecule has 0 spiro atoms. The Bertz CT molecular complexity index is 245. The first-order valence-electron chi connectivity index (χ1n) is 6.39. The molecular formula is C13H24FNO. The van der Waals surface area contributed by atoms with E-state index in [0.717, 1.165) is 26.1 Å². The van der Waals surface area contributed by atoms with Crippen molar-refractivity contribution in [3.8, 4) is 0 Å². The van der Waals surface area contributed by atoms with Gasteiger partial charge in [-0.2, -0.15) is 0 Å². The molecule has 0 radical (unpaired) electrons. The van der Waals surface area contributed by atoms with Crippen LogP contribution in [0.15, 0.2) is 0 Å². The van der Waals surface area contributed by atoms with Crippen LogP contribution in [-0.4, -0.2) is 42.9 Å². The van der Waals surface area contributed by atoms with Crippen molar-refractivity contribution in [2.45, 2.75) is 51.8 Å². The molecule has 2 nitrogen and oxygen atoms in total. The summed E-state index contributed by atoms with van der Waals surface area (Å²) in [5.41, 5.74) is 0.292. The van der Waals surface area contributed by atoms with Gasteiger partial charge in [-0.05, 0) is 40.0 Å². The second-order valence-corrected chi connectivity index (χ2v) is 6.52. The number of hydrogen-bond donors (Lipinski definition) is 0. The van der Waals surface area contributed by atoms with Crippen LogP contribution in [0.2, 0.25) is 0 Å². The Morgan fingerprint density at radius 3 is 2.50 bits per heavy atom. The lowest BCUT2D eigenvalue weighted by atomic mass is 10.1. The number of ether oxygens (including phenoxy) is 1. The molecule has 0 unspecified atom stereocenters. The smallest absolute Gasteiger partial charge is 0.114 e. The third kappa shape index (κ3) is 3.42. The Kier molecular flexibility index (Phi) is 3.28. The van der Waals surface area contributed by atoms with Crippen LogP contribution in [0, 0.1) is 5.41 Å². The normalized spacial score (nSPS) is 29.6. The summed E-state index contributed by atoms with van der Waals surface area (Å²) in [6.45, 7) is 9.72. The van der Waals surface area contributed by atoms with Crippen LogP contribution in [0.1, 0.15) is 40.0 Å². The lowest BCUT2D eigenvalue weighted by Crippen LogP contribution is -2.33. The maximum absolute atomic E-state index is 13.1. The number of halogens is 1. The molecule has 1 atom stereocenters. The average Bonchev–Trinajstić information content (AvgIpc) is 2.80. The van der Waals surface area contributed by atoms with E-state index in [1.54, 1.807) is 0 Å². The molecule has 1 aliphatic heterocycles. The highest BCUT2D eigenvalue weighted by Gasteiger charge is 2.45. The Balaban J connectivity index is 1.76. The van der Waals surface area contributed by atoms with Crippen LogP contribution >= 0.6 is 0 Å². The summed E-state index contributed by atoms with van der Waals surface area (Å²) in [5, 5.41) is 0. The van der Waals surface area contributed by atoms with Crippen LogP contribution in [0.25, 0.3) is 0 Å². The molecule has 0 aromatic rings. The number of hydrogen-bond acceptors (Lipinski definition) is 2. The first-order chi connectivity index (χ1) is 7.39. The standard InChI is InChI=1S/C13H24FNO/c1-12(2,3)16-10-13(5-6-13)9-15-7-4-11(14)8-15/h11H,4-10H2,1-3H3/t11-/m0/s1. The van der Waals surface area contributed by atoms with E-state index < -0.39 is 6.17 Å². The number of rotatable bonds is 4. The molecule has 16 heavy (non-hydrogen) atoms. The lowest BCUT2D eigenvalue weighted by Gasteiger charge is -2.27. The van der Waals surface area contributed by atoms with Gasteiger partial charge in [0.25, 0.3) is 0 Å². The monoisotopic (exact) mass is 229 g/mol. The van der Waals surface area contributed by atoms with Crippen LogP contribution in [0.4, 0.5) is 4.39 Å². The van der Waals surface area contributed by atoms with Crippen LogP contribution in [0.3, 0.4) is 0 Å². The van der Waals surface area contributed by atoms with Crippen molar-refractivity contribution in [1.29, 1.82) is 0 Å². The molecule has 1 aliphatic carbocycles. The average molecular weight is 229 g/mol. The summed E-state index contributed by atoms with van der Waals surface area (Å²) in [5.74, 6) is 0. The Morgan fingerprint density at radius 2 is 2.06 bits per heavy atom. The summed E-state index contributed by atoms with van der Waals surface area (Å²) in [7, 11) is 0. The van der Waals surface area contributed by atoms with Crippen LogP contribution < -0.4 is 0 Å². The van der Waals surface area contributed by atoms with Crippen molar-refractivity contribution in [2.75, 3.05) is 26.2 Å². The summed E-state index contributed by atoms with van der Waals surface area (Å²) in [6.07, 6.45) is 2.61. The number of alkyl halides is 1. The Hall–Kier alpha value is -0.150. The fraction of sp³-hybridized carbons (Fsp3) is 1.00. The van der Waals surface area contributed by atoms with Crippen molar-refractivity contribution in [1.82, 2.24) is 4.90 Å². The van der Waals surface area contributed by atoms with Crippen LogP contribution in [-0.2, 0) is 4.74 Å². The highest BCUT2D eigenvalue weighted by molar-refractivity contribution is 4.97. The summed E-state index contributed by atoms with van der Waals surface area (Å²) >= 11 is 0. The van der Waals surface area contributed by atoms with E-state index >= 15 is 0 Å². The zero-order valence-electron chi connectivity index (χ0n) is 10.8. The lowest BCUT2D eigenvalue weighted by molar-refractivity contribution is -0.0331. The molecule has 2 aliphatic rings. The van der Waals surface area contributed by atoms with E-state index in [2.05, 4.69) is 25.7 Å². The van der Waals surface area contributed by atoms with Crippen molar-refractivity contribution in [2.24, 2.45) is 5.41 Å². The van der Waals surface area contributed by atoms with Gasteiger partial charge in [0.15, 0.2) is 0 Å². The minimum absolute atomic E-state index is 0.0524. The van der Waals surface area contributed by atoms with Gasteiger partial charge in [0.05, 0.1) is 12.2 Å². The van der Waals surface area contributed by atoms with Gasteiger partial charge in [0, 0.05) is 25.0 Å². The number of likely N-dealkylation sites (tertiary alicyclic amines) is 1. The first kappa shape index (κ1) is 12.3. The molecule has 2 rings (SSSR count). The number of nitrogens with zero attached hydrogens (tertiary/aromatic N) is 1. The van der Waals surface area contributed by atoms with E-state index in [0.29, 0.717) is 12.0 Å². The zero-order chi connectivity index (χ0) is 11.8. The maximum atomic E-state index is 13.1. The second kappa shape index (κ2) is 4.26. The Labute approximate surface area is 98.1 Å². The van der Waals surface area contributed by atoms with Crippen molar-refractivity contribution in [3.05, 3.63) is 0 Å². The molecule has 0 aromatic heterocycles. The third-order valence-electron chi connectivity index (χ3n) is 3.54. The minimum Gasteiger partial charge on any atom is -0.375 e. The van der Waals surface area contributed by atoms with E-state index in [4.69, 9.17) is 4.74 Å². The van der Waals surface area contributed by atoms with E-state index in [1.165, 1.54) is 12.8 Å². The summed E-state index contributed by atoms with van der Waals surface area (Å²) in [6, 6.07) is 0. The van der Waals surface area contributed by atoms with Gasteiger partial charge in [-0.25, -0.2) is 4.39 Å². The minimum atomic E-state index is -0.598. The zero-order valence-corrected chi connectivity index (χ0v) is 10.8. The maximum Gasteiger partial charge on any atom is 0.114 e. The van der Waals surface area contributed by atoms with Gasteiger partial charge >= 0.3 is 0 Å². The SMILES string of the molecule is CC(C)(C)OCC1(CN2CC[C@H](F)C2)CC1. The summed E-state index contributed by atoms with van der Waals surface area (Å²) < 4.78 is 18.9. The molecule has 3 heteroatoms. The van der Waals surface area contributed by atoms with Gasteiger partial charge in [-0.15, -0.1) is 0 Å². The molecule has 0 N–H and O–H groups in total. The van der Waals surface area contributed by atoms with Crippen molar-refractivity contribution < 1.29 is 9.13 Å². The van der Waals surface area contributed by atoms with E-state index in [9.17, 15) is 4.39 Å². The quantitative estimate of drug-likeness (QED) is 0.735. The molecule has 0 aromatic carbocycles. The molecule has 1 heterocycles. The molecule has 1 saturated carbocycles. The highest BCUT2D eigenvalue weighted by Crippen LogP contribution is 2.47. The van der Waals surface area contributed by atoms with Crippen molar-refractivity contribution >= 4 is 0 Å². The molecule has 0 amide bonds. The van der Waals surface area contributed by atoms with Gasteiger partial charge in [0.2, 0.25) is 0 Å². The Morgan fingerprint density at radius 1 is 1.38 bits per heavy atom. The van der Waals surface area contributed by atoms with Gasteiger partial charge < -0.3 is 4.74 Å². The second-order valence-electron chi connectivity index (χ2n) is 6.52. The van der Waals surface area contributed by atoms with Crippen LogP contribution in [0.5, 0.6) is 0 Å². The fourth-order valence-electron chi connectivity index (χ4n) is 2.30. The van der Waals surface area contributed by atoms with E-state index in [-0.39, 0.29) is 5.60 Å². The summed E-state index contributed by atoms with van der Waals surface area (Å²) in [4.78, 5) is 2.27. The van der Waals surface area contributed by atoms with Gasteiger partial charge in [0.1, 0.15) is 6.17 Å². The fourth-order valence-corrected chi connectivity index (χ4v) is 2.30. The third-order valence-corrected chi connectivity index (χ3v) is 3.54.